The quantitative estimate of drug-likeness (QED) is 0.763. The standard InChI is InChI=1S/C13H14N2O2/c1-2-11(16)15-8-7-9-5-3-4-6-10(9)12(15)13(14)17/h2-6,12H,1,7-8H2,(H2,14,17). The maximum absolute atomic E-state index is 11.7. The third-order valence-electron chi connectivity index (χ3n) is 3.01. The Balaban J connectivity index is 2.46. The molecule has 2 amide bonds. The van der Waals surface area contributed by atoms with Gasteiger partial charge < -0.3 is 10.6 Å². The fourth-order valence-electron chi connectivity index (χ4n) is 2.23. The second kappa shape index (κ2) is 4.41. The maximum Gasteiger partial charge on any atom is 0.246 e. The van der Waals surface area contributed by atoms with Crippen LogP contribution < -0.4 is 5.73 Å². The molecule has 0 saturated heterocycles. The molecule has 1 aliphatic heterocycles. The Morgan fingerprint density at radius 1 is 1.41 bits per heavy atom. The van der Waals surface area contributed by atoms with E-state index < -0.39 is 11.9 Å². The molecule has 17 heavy (non-hydrogen) atoms. The summed E-state index contributed by atoms with van der Waals surface area (Å²) in [6.45, 7) is 3.94. The number of fused-ring (bicyclic) bond motifs is 1. The van der Waals surface area contributed by atoms with E-state index in [1.165, 1.54) is 11.0 Å². The Kier molecular flexibility index (Phi) is 2.95. The van der Waals surface area contributed by atoms with Crippen molar-refractivity contribution >= 4 is 11.8 Å². The lowest BCUT2D eigenvalue weighted by Crippen LogP contribution is -2.45. The summed E-state index contributed by atoms with van der Waals surface area (Å²) in [6.07, 6.45) is 1.95. The zero-order valence-electron chi connectivity index (χ0n) is 9.43. The van der Waals surface area contributed by atoms with Gasteiger partial charge in [0.25, 0.3) is 0 Å². The van der Waals surface area contributed by atoms with Crippen molar-refractivity contribution in [3.8, 4) is 0 Å². The minimum atomic E-state index is -0.676. The smallest absolute Gasteiger partial charge is 0.246 e. The van der Waals surface area contributed by atoms with Gasteiger partial charge in [-0.1, -0.05) is 30.8 Å². The van der Waals surface area contributed by atoms with Gasteiger partial charge in [0.2, 0.25) is 11.8 Å². The first-order valence-corrected chi connectivity index (χ1v) is 5.45. The molecule has 1 aromatic rings. The normalized spacial score (nSPS) is 18.4. The van der Waals surface area contributed by atoms with Gasteiger partial charge in [-0.3, -0.25) is 9.59 Å². The highest BCUT2D eigenvalue weighted by Gasteiger charge is 2.33. The van der Waals surface area contributed by atoms with E-state index >= 15 is 0 Å². The van der Waals surface area contributed by atoms with Crippen molar-refractivity contribution in [2.75, 3.05) is 6.54 Å². The lowest BCUT2D eigenvalue weighted by atomic mass is 9.92. The molecule has 1 aliphatic rings. The van der Waals surface area contributed by atoms with Gasteiger partial charge in [-0.05, 0) is 23.6 Å². The van der Waals surface area contributed by atoms with Crippen molar-refractivity contribution < 1.29 is 9.59 Å². The zero-order valence-corrected chi connectivity index (χ0v) is 9.43. The van der Waals surface area contributed by atoms with Crippen LogP contribution in [-0.4, -0.2) is 23.3 Å². The number of hydrogen-bond acceptors (Lipinski definition) is 2. The van der Waals surface area contributed by atoms with Crippen LogP contribution in [0.15, 0.2) is 36.9 Å². The lowest BCUT2D eigenvalue weighted by molar-refractivity contribution is -0.136. The van der Waals surface area contributed by atoms with Crippen molar-refractivity contribution in [2.45, 2.75) is 12.5 Å². The molecule has 88 valence electrons. The molecule has 0 spiro atoms. The van der Waals surface area contributed by atoms with Crippen molar-refractivity contribution in [3.63, 3.8) is 0 Å². The van der Waals surface area contributed by atoms with Gasteiger partial charge in [0.1, 0.15) is 6.04 Å². The largest absolute Gasteiger partial charge is 0.368 e. The topological polar surface area (TPSA) is 63.4 Å². The van der Waals surface area contributed by atoms with Crippen molar-refractivity contribution in [1.82, 2.24) is 4.90 Å². The van der Waals surface area contributed by atoms with Gasteiger partial charge in [0.05, 0.1) is 0 Å². The van der Waals surface area contributed by atoms with Crippen LogP contribution in [0.4, 0.5) is 0 Å². The van der Waals surface area contributed by atoms with Crippen LogP contribution in [0.5, 0.6) is 0 Å². The average Bonchev–Trinajstić information content (AvgIpc) is 2.36. The van der Waals surface area contributed by atoms with Crippen molar-refractivity contribution in [1.29, 1.82) is 0 Å². The Morgan fingerprint density at radius 2 is 2.12 bits per heavy atom. The predicted octanol–water partition coefficient (Wildman–Crippen LogP) is 0.784. The molecule has 1 atom stereocenters. The molecule has 4 heteroatoms. The number of nitrogens with two attached hydrogens (primary N) is 1. The summed E-state index contributed by atoms with van der Waals surface area (Å²) >= 11 is 0. The van der Waals surface area contributed by atoms with Crippen LogP contribution in [0, 0.1) is 0 Å². The first-order chi connectivity index (χ1) is 8.15. The van der Waals surface area contributed by atoms with Gasteiger partial charge in [0.15, 0.2) is 0 Å². The van der Waals surface area contributed by atoms with E-state index in [1.54, 1.807) is 0 Å². The lowest BCUT2D eigenvalue weighted by Gasteiger charge is -2.34. The van der Waals surface area contributed by atoms with Gasteiger partial charge in [-0.15, -0.1) is 0 Å². The van der Waals surface area contributed by atoms with E-state index in [1.807, 2.05) is 24.3 Å². The summed E-state index contributed by atoms with van der Waals surface area (Å²) in [6, 6.07) is 6.89. The monoisotopic (exact) mass is 230 g/mol. The van der Waals surface area contributed by atoms with Gasteiger partial charge in [-0.25, -0.2) is 0 Å². The molecule has 2 N–H and O–H groups in total. The molecule has 0 fully saturated rings. The van der Waals surface area contributed by atoms with Crippen LogP contribution in [0.1, 0.15) is 17.2 Å². The minimum absolute atomic E-state index is 0.261. The average molecular weight is 230 g/mol. The van der Waals surface area contributed by atoms with Gasteiger partial charge in [0, 0.05) is 6.54 Å². The fourth-order valence-corrected chi connectivity index (χ4v) is 2.23. The van der Waals surface area contributed by atoms with E-state index in [2.05, 4.69) is 6.58 Å². The summed E-state index contributed by atoms with van der Waals surface area (Å²) in [7, 11) is 0. The second-order valence-electron chi connectivity index (χ2n) is 3.99. The maximum atomic E-state index is 11.7. The van der Waals surface area contributed by atoms with Crippen LogP contribution in [0.3, 0.4) is 0 Å². The molecule has 2 rings (SSSR count). The molecule has 0 radical (unpaired) electrons. The number of nitrogens with zero attached hydrogens (tertiary/aromatic N) is 1. The van der Waals surface area contributed by atoms with Gasteiger partial charge >= 0.3 is 0 Å². The summed E-state index contributed by atoms with van der Waals surface area (Å²) in [5, 5.41) is 0. The summed E-state index contributed by atoms with van der Waals surface area (Å²) in [5.41, 5.74) is 7.29. The third-order valence-corrected chi connectivity index (χ3v) is 3.01. The molecular weight excluding hydrogens is 216 g/mol. The molecule has 0 aliphatic carbocycles. The van der Waals surface area contributed by atoms with E-state index in [-0.39, 0.29) is 5.91 Å². The first kappa shape index (κ1) is 11.4. The fraction of sp³-hybridized carbons (Fsp3) is 0.231. The number of amides is 2. The highest BCUT2D eigenvalue weighted by Crippen LogP contribution is 2.29. The highest BCUT2D eigenvalue weighted by atomic mass is 16.2. The highest BCUT2D eigenvalue weighted by molar-refractivity contribution is 5.93. The summed E-state index contributed by atoms with van der Waals surface area (Å²) < 4.78 is 0. The molecule has 1 unspecified atom stereocenters. The number of rotatable bonds is 2. The Labute approximate surface area is 99.7 Å². The number of primary amides is 1. The Morgan fingerprint density at radius 3 is 2.76 bits per heavy atom. The van der Waals surface area contributed by atoms with E-state index in [4.69, 9.17) is 5.73 Å². The number of hydrogen-bond donors (Lipinski definition) is 1. The molecule has 0 bridgehead atoms. The van der Waals surface area contributed by atoms with Crippen LogP contribution in [0.2, 0.25) is 0 Å². The number of carbonyl (C=O) groups excluding carboxylic acids is 2. The van der Waals surface area contributed by atoms with E-state index in [0.29, 0.717) is 6.54 Å². The van der Waals surface area contributed by atoms with Gasteiger partial charge in [-0.2, -0.15) is 0 Å². The SMILES string of the molecule is C=CC(=O)N1CCc2ccccc2C1C(N)=O. The molecule has 1 aromatic carbocycles. The van der Waals surface area contributed by atoms with Crippen LogP contribution >= 0.6 is 0 Å². The Hall–Kier alpha value is -2.10. The van der Waals surface area contributed by atoms with Crippen LogP contribution in [-0.2, 0) is 16.0 Å². The zero-order chi connectivity index (χ0) is 12.4. The molecule has 0 aromatic heterocycles. The molecule has 4 nitrogen and oxygen atoms in total. The van der Waals surface area contributed by atoms with Crippen molar-refractivity contribution in [3.05, 3.63) is 48.0 Å². The number of carbonyl (C=O) groups is 2. The first-order valence-electron chi connectivity index (χ1n) is 5.45. The van der Waals surface area contributed by atoms with E-state index in [9.17, 15) is 9.59 Å². The number of benzene rings is 1. The molecule has 0 saturated carbocycles. The molecular formula is C13H14N2O2. The summed E-state index contributed by atoms with van der Waals surface area (Å²) in [4.78, 5) is 24.7. The predicted molar refractivity (Wildman–Crippen MR) is 64.0 cm³/mol. The molecule has 1 heterocycles. The summed E-state index contributed by atoms with van der Waals surface area (Å²) in [5.74, 6) is -0.768. The Bertz CT molecular complexity index is 482. The second-order valence-corrected chi connectivity index (χ2v) is 3.99. The van der Waals surface area contributed by atoms with Crippen LogP contribution in [0.25, 0.3) is 0 Å². The minimum Gasteiger partial charge on any atom is -0.368 e. The van der Waals surface area contributed by atoms with E-state index in [0.717, 1.165) is 17.5 Å². The third kappa shape index (κ3) is 1.93. The van der Waals surface area contributed by atoms with Crippen molar-refractivity contribution in [2.24, 2.45) is 5.73 Å².